The predicted molar refractivity (Wildman–Crippen MR) is 123 cm³/mol. The second kappa shape index (κ2) is 13.6. The number of nitrogens with zero attached hydrogens (tertiary/aromatic N) is 10. The number of aliphatic imine (C=N–C) groups is 3. The Bertz CT molecular complexity index is 884. The Morgan fingerprint density at radius 1 is 0.656 bits per heavy atom. The standard InChI is InChI=1S/C21H30N10.Zn/c1-28-10-7-25-19(28)16-22-4-13-31(14-5-23-17-20-26-8-11-29(20)2)15-6-24-18-21-27-9-12-30(21)3;/h7-12,16-18H,4-6,13-15H2,1-3H3;/q;+2. The molecular formula is C21H30N10Zn+2. The van der Waals surface area contributed by atoms with Crippen molar-refractivity contribution in [1.29, 1.82) is 0 Å². The number of hydrogen-bond acceptors (Lipinski definition) is 7. The van der Waals surface area contributed by atoms with Gasteiger partial charge in [-0.3, -0.25) is 19.9 Å². The molecule has 3 heterocycles. The average Bonchev–Trinajstić information content (AvgIpc) is 3.47. The van der Waals surface area contributed by atoms with Crippen molar-refractivity contribution in [2.75, 3.05) is 39.3 Å². The normalized spacial score (nSPS) is 12.0. The van der Waals surface area contributed by atoms with Gasteiger partial charge in [-0.05, 0) is 0 Å². The second-order valence-corrected chi connectivity index (χ2v) is 7.14. The summed E-state index contributed by atoms with van der Waals surface area (Å²) in [7, 11) is 5.87. The summed E-state index contributed by atoms with van der Waals surface area (Å²) in [6, 6.07) is 0. The van der Waals surface area contributed by atoms with Crippen molar-refractivity contribution >= 4 is 18.6 Å². The molecule has 3 aromatic rings. The summed E-state index contributed by atoms with van der Waals surface area (Å²) in [5.74, 6) is 2.56. The van der Waals surface area contributed by atoms with E-state index in [1.807, 2.05) is 72.1 Å². The molecule has 0 N–H and O–H groups in total. The van der Waals surface area contributed by atoms with Crippen LogP contribution in [-0.4, -0.2) is 91.5 Å². The van der Waals surface area contributed by atoms with Crippen LogP contribution in [0.2, 0.25) is 0 Å². The van der Waals surface area contributed by atoms with Gasteiger partial charge in [-0.2, -0.15) is 0 Å². The van der Waals surface area contributed by atoms with E-state index >= 15 is 0 Å². The Kier molecular flexibility index (Phi) is 10.8. The molecule has 0 amide bonds. The Hall–Kier alpha value is -2.78. The zero-order chi connectivity index (χ0) is 21.9. The topological polar surface area (TPSA) is 93.8 Å². The van der Waals surface area contributed by atoms with E-state index in [-0.39, 0.29) is 19.5 Å². The van der Waals surface area contributed by atoms with Crippen molar-refractivity contribution in [3.63, 3.8) is 0 Å². The molecule has 0 saturated heterocycles. The Balaban J connectivity index is 0.00000363. The smallest absolute Gasteiger partial charge is 0.333 e. The quantitative estimate of drug-likeness (QED) is 0.279. The van der Waals surface area contributed by atoms with Crippen LogP contribution in [0.4, 0.5) is 0 Å². The van der Waals surface area contributed by atoms with E-state index in [1.165, 1.54) is 0 Å². The second-order valence-electron chi connectivity index (χ2n) is 7.14. The van der Waals surface area contributed by atoms with Gasteiger partial charge in [0, 0.05) is 78.0 Å². The van der Waals surface area contributed by atoms with Crippen LogP contribution in [-0.2, 0) is 40.6 Å². The van der Waals surface area contributed by atoms with Crippen molar-refractivity contribution in [3.05, 3.63) is 54.7 Å². The zero-order valence-corrected chi connectivity index (χ0v) is 22.1. The third-order valence-corrected chi connectivity index (χ3v) is 4.83. The van der Waals surface area contributed by atoms with Crippen LogP contribution in [0.3, 0.4) is 0 Å². The molecule has 0 aliphatic heterocycles. The van der Waals surface area contributed by atoms with Crippen LogP contribution >= 0.6 is 0 Å². The number of aromatic nitrogens is 6. The van der Waals surface area contributed by atoms with E-state index in [4.69, 9.17) is 0 Å². The van der Waals surface area contributed by atoms with E-state index in [1.54, 1.807) is 18.6 Å². The fourth-order valence-corrected chi connectivity index (χ4v) is 2.88. The van der Waals surface area contributed by atoms with Crippen molar-refractivity contribution < 1.29 is 19.5 Å². The summed E-state index contributed by atoms with van der Waals surface area (Å²) >= 11 is 0. The number of imidazole rings is 3. The molecule has 10 nitrogen and oxygen atoms in total. The Morgan fingerprint density at radius 3 is 1.22 bits per heavy atom. The van der Waals surface area contributed by atoms with Gasteiger partial charge in [-0.25, -0.2) is 15.0 Å². The van der Waals surface area contributed by atoms with Crippen molar-refractivity contribution in [2.45, 2.75) is 0 Å². The van der Waals surface area contributed by atoms with Crippen LogP contribution in [0.1, 0.15) is 17.5 Å². The summed E-state index contributed by atoms with van der Waals surface area (Å²) < 4.78 is 5.83. The minimum atomic E-state index is 0. The summed E-state index contributed by atoms with van der Waals surface area (Å²) in [6.07, 6.45) is 16.5. The predicted octanol–water partition coefficient (Wildman–Crippen LogP) is 0.844. The maximum Gasteiger partial charge on any atom is 2.00 e. The van der Waals surface area contributed by atoms with E-state index in [0.29, 0.717) is 19.6 Å². The van der Waals surface area contributed by atoms with E-state index in [9.17, 15) is 0 Å². The Morgan fingerprint density at radius 2 is 0.969 bits per heavy atom. The zero-order valence-electron chi connectivity index (χ0n) is 19.1. The summed E-state index contributed by atoms with van der Waals surface area (Å²) in [4.78, 5) is 28.7. The molecule has 32 heavy (non-hydrogen) atoms. The molecule has 0 unspecified atom stereocenters. The van der Waals surface area contributed by atoms with Crippen molar-refractivity contribution in [1.82, 2.24) is 33.6 Å². The largest absolute Gasteiger partial charge is 2.00 e. The number of hydrogen-bond donors (Lipinski definition) is 0. The third-order valence-electron chi connectivity index (χ3n) is 4.83. The van der Waals surface area contributed by atoms with Gasteiger partial charge in [0.2, 0.25) is 0 Å². The van der Waals surface area contributed by atoms with Gasteiger partial charge in [0.05, 0.1) is 38.3 Å². The Labute approximate surface area is 201 Å². The molecule has 3 aromatic heterocycles. The molecular weight excluding hydrogens is 458 g/mol. The molecule has 11 heteroatoms. The molecule has 0 bridgehead atoms. The van der Waals surface area contributed by atoms with Gasteiger partial charge in [-0.15, -0.1) is 0 Å². The minimum Gasteiger partial charge on any atom is -0.333 e. The fraction of sp³-hybridized carbons (Fsp3) is 0.429. The first-order valence-corrected chi connectivity index (χ1v) is 10.3. The van der Waals surface area contributed by atoms with Crippen LogP contribution in [0.5, 0.6) is 0 Å². The summed E-state index contributed by atoms with van der Waals surface area (Å²) in [5.41, 5.74) is 0. The fourth-order valence-electron chi connectivity index (χ4n) is 2.88. The average molecular weight is 488 g/mol. The van der Waals surface area contributed by atoms with Crippen molar-refractivity contribution in [2.24, 2.45) is 36.1 Å². The minimum absolute atomic E-state index is 0. The molecule has 0 atom stereocenters. The molecule has 0 spiro atoms. The molecule has 0 aromatic carbocycles. The van der Waals surface area contributed by atoms with Crippen LogP contribution < -0.4 is 0 Å². The van der Waals surface area contributed by atoms with Gasteiger partial charge in [0.25, 0.3) is 0 Å². The molecule has 3 rings (SSSR count). The molecule has 0 radical (unpaired) electrons. The molecule has 0 aliphatic carbocycles. The van der Waals surface area contributed by atoms with Gasteiger partial charge >= 0.3 is 19.5 Å². The summed E-state index contributed by atoms with van der Waals surface area (Å²) in [5, 5.41) is 0. The first-order chi connectivity index (χ1) is 15.1. The van der Waals surface area contributed by atoms with E-state index < -0.39 is 0 Å². The number of rotatable bonds is 12. The van der Waals surface area contributed by atoms with Gasteiger partial charge in [0.1, 0.15) is 17.5 Å². The SMILES string of the molecule is Cn1ccnc1C=NCCN(CCN=Cc1nccn1C)CCN=Cc1nccn1C.[Zn+2]. The van der Waals surface area contributed by atoms with Gasteiger partial charge in [-0.1, -0.05) is 0 Å². The third kappa shape index (κ3) is 8.05. The van der Waals surface area contributed by atoms with Gasteiger partial charge < -0.3 is 13.7 Å². The van der Waals surface area contributed by atoms with Crippen LogP contribution in [0.15, 0.2) is 52.2 Å². The van der Waals surface area contributed by atoms with Gasteiger partial charge in [0.15, 0.2) is 0 Å². The molecule has 0 fully saturated rings. The first kappa shape index (κ1) is 25.5. The maximum absolute atomic E-state index is 4.52. The molecule has 164 valence electrons. The molecule has 0 saturated carbocycles. The summed E-state index contributed by atoms with van der Waals surface area (Å²) in [6.45, 7) is 4.57. The van der Waals surface area contributed by atoms with E-state index in [2.05, 4.69) is 34.8 Å². The maximum atomic E-state index is 4.52. The molecule has 0 aliphatic rings. The monoisotopic (exact) mass is 486 g/mol. The van der Waals surface area contributed by atoms with Crippen molar-refractivity contribution in [3.8, 4) is 0 Å². The van der Waals surface area contributed by atoms with Crippen LogP contribution in [0, 0.1) is 0 Å². The number of aryl methyl sites for hydroxylation is 3. The van der Waals surface area contributed by atoms with Crippen LogP contribution in [0.25, 0.3) is 0 Å². The van der Waals surface area contributed by atoms with E-state index in [0.717, 1.165) is 37.1 Å². The first-order valence-electron chi connectivity index (χ1n) is 10.3.